The van der Waals surface area contributed by atoms with Crippen molar-refractivity contribution in [3.05, 3.63) is 58.1 Å². The molecule has 24 heavy (non-hydrogen) atoms. The number of halogens is 2. The number of nitrogens with zero attached hydrogens (tertiary/aromatic N) is 1. The van der Waals surface area contributed by atoms with Crippen LogP contribution in [0.5, 0.6) is 0 Å². The normalized spacial score (nSPS) is 12.2. The monoisotopic (exact) mass is 384 g/mol. The molecule has 2 rings (SSSR count). The summed E-state index contributed by atoms with van der Waals surface area (Å²) in [6.45, 7) is 4.77. The molecule has 2 aromatic carbocycles. The summed E-state index contributed by atoms with van der Waals surface area (Å²) in [5.74, 6) is 0. The van der Waals surface area contributed by atoms with Crippen LogP contribution in [-0.2, 0) is 10.0 Å². The zero-order valence-electron chi connectivity index (χ0n) is 13.4. The fourth-order valence-electron chi connectivity index (χ4n) is 2.04. The fraction of sp³-hybridized carbons (Fsp3) is 0.235. The second kappa shape index (κ2) is 8.01. The van der Waals surface area contributed by atoms with E-state index in [0.717, 1.165) is 24.2 Å². The summed E-state index contributed by atoms with van der Waals surface area (Å²) in [6, 6.07) is 11.3. The molecule has 0 aliphatic rings. The summed E-state index contributed by atoms with van der Waals surface area (Å²) in [6.07, 6.45) is 0.982. The molecule has 0 aromatic heterocycles. The Morgan fingerprint density at radius 1 is 1.12 bits per heavy atom. The largest absolute Gasteiger partial charge is 0.289 e. The van der Waals surface area contributed by atoms with E-state index >= 15 is 0 Å². The van der Waals surface area contributed by atoms with E-state index in [2.05, 4.69) is 16.6 Å². The van der Waals surface area contributed by atoms with Crippen LogP contribution >= 0.6 is 23.2 Å². The molecule has 0 fully saturated rings. The number of benzene rings is 2. The van der Waals surface area contributed by atoms with E-state index in [1.807, 2.05) is 19.1 Å². The summed E-state index contributed by atoms with van der Waals surface area (Å²) >= 11 is 11.8. The van der Waals surface area contributed by atoms with Crippen LogP contribution in [0, 0.1) is 0 Å². The van der Waals surface area contributed by atoms with Gasteiger partial charge in [0, 0.05) is 23.0 Å². The Morgan fingerprint density at radius 3 is 2.42 bits per heavy atom. The smallest absolute Gasteiger partial charge is 0.263 e. The van der Waals surface area contributed by atoms with Crippen molar-refractivity contribution in [1.82, 2.24) is 0 Å². The third kappa shape index (κ3) is 4.72. The lowest BCUT2D eigenvalue weighted by molar-refractivity contribution is 0.601. The first kappa shape index (κ1) is 18.8. The fourth-order valence-corrected chi connectivity index (χ4v) is 3.87. The number of sulfonamides is 1. The van der Waals surface area contributed by atoms with Gasteiger partial charge in [0.05, 0.1) is 5.02 Å². The van der Waals surface area contributed by atoms with Gasteiger partial charge in [0.2, 0.25) is 0 Å². The molecule has 0 heterocycles. The Morgan fingerprint density at radius 2 is 1.79 bits per heavy atom. The van der Waals surface area contributed by atoms with Gasteiger partial charge in [0.1, 0.15) is 4.90 Å². The van der Waals surface area contributed by atoms with Crippen molar-refractivity contribution in [2.45, 2.75) is 25.2 Å². The van der Waals surface area contributed by atoms with Crippen LogP contribution in [0.25, 0.3) is 0 Å². The predicted molar refractivity (Wildman–Crippen MR) is 101 cm³/mol. The van der Waals surface area contributed by atoms with Gasteiger partial charge in [-0.2, -0.15) is 0 Å². The highest BCUT2D eigenvalue weighted by Crippen LogP contribution is 2.27. The number of anilines is 1. The van der Waals surface area contributed by atoms with Crippen molar-refractivity contribution in [3.63, 3.8) is 0 Å². The molecular formula is C17H18Cl2N2O2S. The molecule has 0 unspecified atom stereocenters. The van der Waals surface area contributed by atoms with Crippen LogP contribution in [-0.4, -0.2) is 20.7 Å². The molecule has 0 aliphatic carbocycles. The minimum atomic E-state index is -3.81. The van der Waals surface area contributed by atoms with Crippen molar-refractivity contribution < 1.29 is 8.42 Å². The maximum absolute atomic E-state index is 12.5. The summed E-state index contributed by atoms with van der Waals surface area (Å²) in [7, 11) is -3.81. The maximum Gasteiger partial charge on any atom is 0.263 e. The lowest BCUT2D eigenvalue weighted by Crippen LogP contribution is -2.13. The summed E-state index contributed by atoms with van der Waals surface area (Å²) in [5.41, 5.74) is 2.31. The molecule has 0 amide bonds. The Labute approximate surface area is 152 Å². The van der Waals surface area contributed by atoms with E-state index in [1.54, 1.807) is 12.1 Å². The molecule has 0 aliphatic heterocycles. The van der Waals surface area contributed by atoms with Crippen molar-refractivity contribution in [1.29, 1.82) is 0 Å². The molecule has 0 radical (unpaired) electrons. The molecule has 7 heteroatoms. The molecule has 0 bridgehead atoms. The SMILES string of the molecule is CCCN=C(C)c1ccc(NS(=O)(=O)c2cc(Cl)ccc2Cl)cc1. The van der Waals surface area contributed by atoms with E-state index in [0.29, 0.717) is 10.7 Å². The maximum atomic E-state index is 12.5. The molecule has 0 saturated heterocycles. The molecule has 0 atom stereocenters. The first-order chi connectivity index (χ1) is 11.3. The van der Waals surface area contributed by atoms with Crippen LogP contribution in [0.4, 0.5) is 5.69 Å². The van der Waals surface area contributed by atoms with Gasteiger partial charge in [-0.25, -0.2) is 8.42 Å². The molecule has 2 aromatic rings. The predicted octanol–water partition coefficient (Wildman–Crippen LogP) is 5.01. The van der Waals surface area contributed by atoms with Gasteiger partial charge < -0.3 is 0 Å². The first-order valence-corrected chi connectivity index (χ1v) is 9.66. The number of aliphatic imine (C=N–C) groups is 1. The molecule has 0 spiro atoms. The number of nitrogens with one attached hydrogen (secondary N) is 1. The molecule has 4 nitrogen and oxygen atoms in total. The average Bonchev–Trinajstić information content (AvgIpc) is 2.55. The first-order valence-electron chi connectivity index (χ1n) is 7.43. The quantitative estimate of drug-likeness (QED) is 0.711. The molecule has 1 N–H and O–H groups in total. The van der Waals surface area contributed by atoms with Crippen molar-refractivity contribution in [2.75, 3.05) is 11.3 Å². The van der Waals surface area contributed by atoms with Gasteiger partial charge in [-0.3, -0.25) is 9.71 Å². The Hall–Kier alpha value is -1.56. The van der Waals surface area contributed by atoms with E-state index < -0.39 is 10.0 Å². The number of rotatable bonds is 6. The lowest BCUT2D eigenvalue weighted by Gasteiger charge is -2.10. The van der Waals surface area contributed by atoms with E-state index in [-0.39, 0.29) is 9.92 Å². The summed E-state index contributed by atoms with van der Waals surface area (Å²) < 4.78 is 27.4. The lowest BCUT2D eigenvalue weighted by atomic mass is 10.1. The number of hydrogen-bond acceptors (Lipinski definition) is 3. The van der Waals surface area contributed by atoms with Crippen LogP contribution in [0.3, 0.4) is 0 Å². The van der Waals surface area contributed by atoms with Gasteiger partial charge in [-0.1, -0.05) is 42.3 Å². The topological polar surface area (TPSA) is 58.5 Å². The minimum absolute atomic E-state index is 0.0542. The number of hydrogen-bond donors (Lipinski definition) is 1. The second-order valence-electron chi connectivity index (χ2n) is 5.22. The molecule has 0 saturated carbocycles. The highest BCUT2D eigenvalue weighted by Gasteiger charge is 2.18. The van der Waals surface area contributed by atoms with Crippen molar-refractivity contribution >= 4 is 44.6 Å². The Balaban J connectivity index is 2.23. The third-order valence-corrected chi connectivity index (χ3v) is 5.41. The van der Waals surface area contributed by atoms with Gasteiger partial charge in [-0.15, -0.1) is 0 Å². The van der Waals surface area contributed by atoms with Crippen LogP contribution in [0.1, 0.15) is 25.8 Å². The van der Waals surface area contributed by atoms with Gasteiger partial charge in [-0.05, 0) is 49.2 Å². The Bertz CT molecular complexity index is 847. The highest BCUT2D eigenvalue weighted by atomic mass is 35.5. The zero-order chi connectivity index (χ0) is 17.7. The molecule has 128 valence electrons. The van der Waals surface area contributed by atoms with Crippen LogP contribution in [0.2, 0.25) is 10.0 Å². The van der Waals surface area contributed by atoms with E-state index in [9.17, 15) is 8.42 Å². The van der Waals surface area contributed by atoms with E-state index in [1.165, 1.54) is 18.2 Å². The summed E-state index contributed by atoms with van der Waals surface area (Å²) in [5, 5.41) is 0.420. The standard InChI is InChI=1S/C17H18Cl2N2O2S/c1-3-10-20-12(2)13-4-7-15(8-5-13)21-24(22,23)17-11-14(18)6-9-16(17)19/h4-9,11,21H,3,10H2,1-2H3. The van der Waals surface area contributed by atoms with Gasteiger partial charge >= 0.3 is 0 Å². The Kier molecular flexibility index (Phi) is 6.27. The van der Waals surface area contributed by atoms with Crippen LogP contribution < -0.4 is 4.72 Å². The van der Waals surface area contributed by atoms with Gasteiger partial charge in [0.15, 0.2) is 0 Å². The second-order valence-corrected chi connectivity index (χ2v) is 7.72. The van der Waals surface area contributed by atoms with E-state index in [4.69, 9.17) is 23.2 Å². The van der Waals surface area contributed by atoms with Crippen molar-refractivity contribution in [3.8, 4) is 0 Å². The highest BCUT2D eigenvalue weighted by molar-refractivity contribution is 7.92. The average molecular weight is 385 g/mol. The van der Waals surface area contributed by atoms with Crippen molar-refractivity contribution in [2.24, 2.45) is 4.99 Å². The molecular weight excluding hydrogens is 367 g/mol. The van der Waals surface area contributed by atoms with Crippen LogP contribution in [0.15, 0.2) is 52.4 Å². The van der Waals surface area contributed by atoms with Gasteiger partial charge in [0.25, 0.3) is 10.0 Å². The third-order valence-electron chi connectivity index (χ3n) is 3.31. The zero-order valence-corrected chi connectivity index (χ0v) is 15.7. The minimum Gasteiger partial charge on any atom is -0.289 e. The summed E-state index contributed by atoms with van der Waals surface area (Å²) in [4.78, 5) is 4.38.